The lowest BCUT2D eigenvalue weighted by Gasteiger charge is -2.35. The first kappa shape index (κ1) is 25.6. The van der Waals surface area contributed by atoms with Gasteiger partial charge < -0.3 is 14.7 Å². The summed E-state index contributed by atoms with van der Waals surface area (Å²) in [6.07, 6.45) is 16.3. The van der Waals surface area contributed by atoms with Gasteiger partial charge in [0.05, 0.1) is 23.3 Å². The molecule has 204 valence electrons. The molecule has 0 amide bonds. The van der Waals surface area contributed by atoms with Gasteiger partial charge in [-0.2, -0.15) is 5.10 Å². The molecule has 0 radical (unpaired) electrons. The zero-order chi connectivity index (χ0) is 26.1. The number of piperidine rings is 1. The van der Waals surface area contributed by atoms with Crippen LogP contribution in [0.5, 0.6) is 0 Å². The van der Waals surface area contributed by atoms with Crippen molar-refractivity contribution >= 4 is 5.69 Å². The second-order valence-electron chi connectivity index (χ2n) is 11.8. The summed E-state index contributed by atoms with van der Waals surface area (Å²) >= 11 is 0. The number of hydrogen-bond acceptors (Lipinski definition) is 6. The summed E-state index contributed by atoms with van der Waals surface area (Å²) in [6, 6.07) is 8.76. The number of benzene rings is 1. The Hall–Kier alpha value is -2.71. The molecule has 1 aromatic carbocycles. The van der Waals surface area contributed by atoms with Crippen molar-refractivity contribution in [3.8, 4) is 5.69 Å². The van der Waals surface area contributed by atoms with Gasteiger partial charge in [-0.05, 0) is 55.7 Å². The molecule has 3 aromatic rings. The number of rotatable bonds is 9. The van der Waals surface area contributed by atoms with E-state index in [1.54, 1.807) is 10.9 Å². The quantitative estimate of drug-likeness (QED) is 0.378. The molecule has 2 aromatic heterocycles. The largest absolute Gasteiger partial charge is 0.371 e. The predicted molar refractivity (Wildman–Crippen MR) is 147 cm³/mol. The Balaban J connectivity index is 1.21. The fourth-order valence-corrected chi connectivity index (χ4v) is 6.93. The van der Waals surface area contributed by atoms with Crippen LogP contribution in [-0.2, 0) is 11.8 Å². The first-order chi connectivity index (χ1) is 18.6. The minimum absolute atomic E-state index is 0.219. The average molecular weight is 519 g/mol. The third kappa shape index (κ3) is 5.38. The van der Waals surface area contributed by atoms with Crippen molar-refractivity contribution in [2.45, 2.75) is 82.3 Å². The Kier molecular flexibility index (Phi) is 7.52. The number of aliphatic hydroxyl groups is 1. The molecule has 8 nitrogen and oxygen atoms in total. The van der Waals surface area contributed by atoms with E-state index >= 15 is 0 Å². The standard InChI is InChI=1S/C30H42N6O2/c1-34-20-28(32-33-34)25-17-26(25)29-27(30(37)38-2)18-31-36(29)24-12-6-11-23(16-24)35-15-7-10-22(19-35)14-13-21-8-4-3-5-9-21/h6,11-12,16,18,20-22,25-26,30,37H,3-5,7-10,13-15,17,19H2,1-2H3/t22-,25-,26-,30?/m1/s1. The molecule has 38 heavy (non-hydrogen) atoms. The molecule has 4 atom stereocenters. The van der Waals surface area contributed by atoms with E-state index in [2.05, 4.69) is 39.5 Å². The van der Waals surface area contributed by atoms with Crippen LogP contribution in [0.15, 0.2) is 36.7 Å². The van der Waals surface area contributed by atoms with Crippen molar-refractivity contribution in [3.63, 3.8) is 0 Å². The highest BCUT2D eigenvalue weighted by Crippen LogP contribution is 2.55. The molecule has 3 heterocycles. The molecule has 1 N–H and O–H groups in total. The summed E-state index contributed by atoms with van der Waals surface area (Å²) in [5.41, 5.74) is 5.03. The molecular weight excluding hydrogens is 476 g/mol. The SMILES string of the molecule is COC(O)c1cnn(-c2cccc(N3CCC[C@H](CCC4CCCCC4)C3)c2)c1[C@@H]1C[C@H]1c1cn(C)nn1. The number of aromatic nitrogens is 5. The summed E-state index contributed by atoms with van der Waals surface area (Å²) in [6.45, 7) is 2.26. The van der Waals surface area contributed by atoms with Gasteiger partial charge in [-0.15, -0.1) is 5.10 Å². The highest BCUT2D eigenvalue weighted by atomic mass is 16.6. The summed E-state index contributed by atoms with van der Waals surface area (Å²) in [7, 11) is 3.42. The van der Waals surface area contributed by atoms with Crippen molar-refractivity contribution in [1.82, 2.24) is 24.8 Å². The van der Waals surface area contributed by atoms with Gasteiger partial charge in [0.15, 0.2) is 6.29 Å². The van der Waals surface area contributed by atoms with Gasteiger partial charge in [-0.3, -0.25) is 4.68 Å². The Morgan fingerprint density at radius 3 is 2.61 bits per heavy atom. The van der Waals surface area contributed by atoms with E-state index in [-0.39, 0.29) is 11.8 Å². The van der Waals surface area contributed by atoms with E-state index in [9.17, 15) is 5.11 Å². The smallest absolute Gasteiger partial charge is 0.184 e. The fraction of sp³-hybridized carbons (Fsp3) is 0.633. The van der Waals surface area contributed by atoms with E-state index in [0.29, 0.717) is 0 Å². The minimum Gasteiger partial charge on any atom is -0.371 e. The van der Waals surface area contributed by atoms with Crippen LogP contribution in [0.4, 0.5) is 5.69 Å². The van der Waals surface area contributed by atoms with Crippen LogP contribution >= 0.6 is 0 Å². The van der Waals surface area contributed by atoms with E-state index in [4.69, 9.17) is 9.84 Å². The summed E-state index contributed by atoms with van der Waals surface area (Å²) in [5.74, 6) is 2.25. The van der Waals surface area contributed by atoms with Crippen LogP contribution in [0.1, 0.15) is 99.3 Å². The summed E-state index contributed by atoms with van der Waals surface area (Å²) in [5, 5.41) is 23.8. The molecule has 6 rings (SSSR count). The van der Waals surface area contributed by atoms with E-state index in [0.717, 1.165) is 54.0 Å². The Morgan fingerprint density at radius 2 is 1.82 bits per heavy atom. The van der Waals surface area contributed by atoms with Gasteiger partial charge in [0, 0.05) is 56.5 Å². The minimum atomic E-state index is -1.00. The second-order valence-corrected chi connectivity index (χ2v) is 11.8. The maximum Gasteiger partial charge on any atom is 0.184 e. The lowest BCUT2D eigenvalue weighted by Crippen LogP contribution is -2.35. The number of aryl methyl sites for hydroxylation is 1. The van der Waals surface area contributed by atoms with Crippen LogP contribution in [0.25, 0.3) is 5.69 Å². The van der Waals surface area contributed by atoms with E-state index in [1.165, 1.54) is 70.6 Å². The molecule has 1 saturated heterocycles. The highest BCUT2D eigenvalue weighted by molar-refractivity contribution is 5.54. The van der Waals surface area contributed by atoms with E-state index < -0.39 is 6.29 Å². The Labute approximate surface area is 226 Å². The third-order valence-corrected chi connectivity index (χ3v) is 9.13. The van der Waals surface area contributed by atoms with Crippen molar-refractivity contribution in [3.05, 3.63) is 53.6 Å². The predicted octanol–water partition coefficient (Wildman–Crippen LogP) is 5.49. The highest BCUT2D eigenvalue weighted by Gasteiger charge is 2.46. The molecule has 1 aliphatic heterocycles. The Morgan fingerprint density at radius 1 is 1.03 bits per heavy atom. The van der Waals surface area contributed by atoms with Crippen molar-refractivity contribution < 1.29 is 9.84 Å². The van der Waals surface area contributed by atoms with Crippen LogP contribution in [-0.4, -0.2) is 50.1 Å². The molecule has 0 spiro atoms. The van der Waals surface area contributed by atoms with Gasteiger partial charge in [0.1, 0.15) is 0 Å². The summed E-state index contributed by atoms with van der Waals surface area (Å²) < 4.78 is 9.06. The number of ether oxygens (including phenoxy) is 1. The molecular formula is C30H42N6O2. The molecule has 0 bridgehead atoms. The first-order valence-electron chi connectivity index (χ1n) is 14.6. The van der Waals surface area contributed by atoms with Gasteiger partial charge in [-0.25, -0.2) is 4.68 Å². The maximum absolute atomic E-state index is 10.6. The zero-order valence-electron chi connectivity index (χ0n) is 22.9. The van der Waals surface area contributed by atoms with Crippen LogP contribution in [0.3, 0.4) is 0 Å². The topological polar surface area (TPSA) is 81.2 Å². The van der Waals surface area contributed by atoms with E-state index in [1.807, 2.05) is 17.9 Å². The zero-order valence-corrected chi connectivity index (χ0v) is 22.9. The number of methoxy groups -OCH3 is 1. The molecule has 2 aliphatic carbocycles. The number of anilines is 1. The number of hydrogen-bond donors (Lipinski definition) is 1. The number of nitrogens with zero attached hydrogens (tertiary/aromatic N) is 6. The average Bonchev–Trinajstić information content (AvgIpc) is 3.41. The third-order valence-electron chi connectivity index (χ3n) is 9.13. The maximum atomic E-state index is 10.6. The second kappa shape index (κ2) is 11.2. The van der Waals surface area contributed by atoms with Gasteiger partial charge in [0.2, 0.25) is 0 Å². The lowest BCUT2D eigenvalue weighted by atomic mass is 9.82. The fourth-order valence-electron chi connectivity index (χ4n) is 6.93. The van der Waals surface area contributed by atoms with Crippen LogP contribution in [0.2, 0.25) is 0 Å². The first-order valence-corrected chi connectivity index (χ1v) is 14.6. The Bertz CT molecular complexity index is 1220. The normalized spacial score (nSPS) is 25.0. The van der Waals surface area contributed by atoms with Crippen molar-refractivity contribution in [2.75, 3.05) is 25.1 Å². The van der Waals surface area contributed by atoms with Gasteiger partial charge >= 0.3 is 0 Å². The van der Waals surface area contributed by atoms with Crippen LogP contribution < -0.4 is 4.90 Å². The molecule has 1 unspecified atom stereocenters. The summed E-state index contributed by atoms with van der Waals surface area (Å²) in [4.78, 5) is 2.58. The molecule has 2 saturated carbocycles. The monoisotopic (exact) mass is 518 g/mol. The number of aliphatic hydroxyl groups excluding tert-OH is 1. The molecule has 8 heteroatoms. The van der Waals surface area contributed by atoms with Crippen molar-refractivity contribution in [2.24, 2.45) is 18.9 Å². The van der Waals surface area contributed by atoms with Crippen molar-refractivity contribution in [1.29, 1.82) is 0 Å². The van der Waals surface area contributed by atoms with Gasteiger partial charge in [-0.1, -0.05) is 49.8 Å². The lowest BCUT2D eigenvalue weighted by molar-refractivity contribution is -0.0775. The van der Waals surface area contributed by atoms with Crippen LogP contribution in [0, 0.1) is 11.8 Å². The molecule has 3 fully saturated rings. The van der Waals surface area contributed by atoms with Gasteiger partial charge in [0.25, 0.3) is 0 Å². The molecule has 3 aliphatic rings.